The normalized spacial score (nSPS) is 23.1. The first-order valence-corrected chi connectivity index (χ1v) is 9.37. The van der Waals surface area contributed by atoms with E-state index in [1.54, 1.807) is 13.0 Å². The molecule has 2 atom stereocenters. The zero-order valence-electron chi connectivity index (χ0n) is 12.5. The van der Waals surface area contributed by atoms with Crippen LogP contribution in [0.25, 0.3) is 0 Å². The molecule has 1 heterocycles. The molecule has 0 spiro atoms. The lowest BCUT2D eigenvalue weighted by Crippen LogP contribution is -2.45. The molecule has 1 aliphatic rings. The van der Waals surface area contributed by atoms with E-state index in [2.05, 4.69) is 6.92 Å². The molecule has 0 bridgehead atoms. The maximum atomic E-state index is 12.7. The first-order chi connectivity index (χ1) is 9.70. The number of aryl methyl sites for hydroxylation is 1. The number of rotatable bonds is 2. The molecule has 21 heavy (non-hydrogen) atoms. The predicted molar refractivity (Wildman–Crippen MR) is 83.1 cm³/mol. The highest BCUT2D eigenvalue weighted by Gasteiger charge is 2.29. The summed E-state index contributed by atoms with van der Waals surface area (Å²) in [6.45, 7) is 6.66. The molecule has 2 rings (SSSR count). The molecule has 4 nitrogen and oxygen atoms in total. The molecule has 2 unspecified atom stereocenters. The van der Waals surface area contributed by atoms with Gasteiger partial charge in [0.2, 0.25) is 0 Å². The van der Waals surface area contributed by atoms with Gasteiger partial charge in [0.15, 0.2) is 0 Å². The van der Waals surface area contributed by atoms with Gasteiger partial charge in [-0.3, -0.25) is 4.79 Å². The zero-order chi connectivity index (χ0) is 15.8. The molecule has 1 saturated heterocycles. The summed E-state index contributed by atoms with van der Waals surface area (Å²) in [6, 6.07) is 4.60. The molecular formula is C15H20ClNO3S. The van der Waals surface area contributed by atoms with Gasteiger partial charge in [0.25, 0.3) is 15.0 Å². The van der Waals surface area contributed by atoms with Gasteiger partial charge in [-0.2, -0.15) is 0 Å². The van der Waals surface area contributed by atoms with Crippen LogP contribution in [0, 0.1) is 12.8 Å². The van der Waals surface area contributed by atoms with Gasteiger partial charge < -0.3 is 4.90 Å². The Kier molecular flexibility index (Phi) is 4.63. The summed E-state index contributed by atoms with van der Waals surface area (Å²) in [5, 5.41) is 0. The van der Waals surface area contributed by atoms with E-state index in [0.717, 1.165) is 18.4 Å². The number of nitrogens with zero attached hydrogens (tertiary/aromatic N) is 1. The Labute approximate surface area is 130 Å². The number of benzene rings is 1. The molecule has 1 aliphatic heterocycles. The number of carbonyl (C=O) groups is 1. The highest BCUT2D eigenvalue weighted by molar-refractivity contribution is 8.13. The van der Waals surface area contributed by atoms with Gasteiger partial charge in [0, 0.05) is 28.8 Å². The molecule has 6 heteroatoms. The Balaban J connectivity index is 2.38. The zero-order valence-corrected chi connectivity index (χ0v) is 14.0. The average Bonchev–Trinajstić information content (AvgIpc) is 2.40. The lowest BCUT2D eigenvalue weighted by Gasteiger charge is -2.37. The lowest BCUT2D eigenvalue weighted by atomic mass is 9.94. The SMILES string of the molecule is Cc1ccc(S(=O)(=O)Cl)cc1C(=O)N1CC(C)CCC1C. The summed E-state index contributed by atoms with van der Waals surface area (Å²) in [6.07, 6.45) is 2.08. The Morgan fingerprint density at radius 3 is 2.57 bits per heavy atom. The van der Waals surface area contributed by atoms with Crippen molar-refractivity contribution in [3.8, 4) is 0 Å². The minimum absolute atomic E-state index is 0.0316. The highest BCUT2D eigenvalue weighted by atomic mass is 35.7. The van der Waals surface area contributed by atoms with E-state index in [1.165, 1.54) is 12.1 Å². The van der Waals surface area contributed by atoms with Crippen molar-refractivity contribution in [1.29, 1.82) is 0 Å². The largest absolute Gasteiger partial charge is 0.336 e. The van der Waals surface area contributed by atoms with E-state index in [1.807, 2.05) is 11.8 Å². The van der Waals surface area contributed by atoms with Crippen LogP contribution in [0.1, 0.15) is 42.6 Å². The van der Waals surface area contributed by atoms with E-state index in [9.17, 15) is 13.2 Å². The molecule has 1 aromatic rings. The van der Waals surface area contributed by atoms with E-state index < -0.39 is 9.05 Å². The van der Waals surface area contributed by atoms with Crippen LogP contribution in [-0.2, 0) is 9.05 Å². The van der Waals surface area contributed by atoms with Crippen LogP contribution in [-0.4, -0.2) is 31.8 Å². The smallest absolute Gasteiger partial charge is 0.261 e. The van der Waals surface area contributed by atoms with Crippen molar-refractivity contribution >= 4 is 25.6 Å². The summed E-state index contributed by atoms with van der Waals surface area (Å²) < 4.78 is 22.9. The number of halogens is 1. The highest BCUT2D eigenvalue weighted by Crippen LogP contribution is 2.26. The Morgan fingerprint density at radius 2 is 1.95 bits per heavy atom. The number of amides is 1. The third kappa shape index (κ3) is 3.58. The van der Waals surface area contributed by atoms with Crippen molar-refractivity contribution in [1.82, 2.24) is 4.90 Å². The number of piperidine rings is 1. The molecule has 0 aromatic heterocycles. The van der Waals surface area contributed by atoms with Gasteiger partial charge in [-0.1, -0.05) is 13.0 Å². The minimum Gasteiger partial charge on any atom is -0.336 e. The van der Waals surface area contributed by atoms with Crippen molar-refractivity contribution in [2.75, 3.05) is 6.54 Å². The molecule has 1 amide bonds. The molecule has 0 radical (unpaired) electrons. The van der Waals surface area contributed by atoms with Gasteiger partial charge in [0.05, 0.1) is 4.90 Å². The second-order valence-corrected chi connectivity index (χ2v) is 8.47. The van der Waals surface area contributed by atoms with Crippen LogP contribution >= 0.6 is 10.7 Å². The summed E-state index contributed by atoms with van der Waals surface area (Å²) in [5.41, 5.74) is 1.17. The van der Waals surface area contributed by atoms with Crippen LogP contribution in [0.5, 0.6) is 0 Å². The number of carbonyl (C=O) groups excluding carboxylic acids is 1. The maximum Gasteiger partial charge on any atom is 0.261 e. The molecule has 1 fully saturated rings. The number of hydrogen-bond acceptors (Lipinski definition) is 3. The standard InChI is InChI=1S/C15H20ClNO3S/c1-10-4-6-12(3)17(9-10)15(18)14-8-13(21(16,19)20)7-5-11(14)2/h5,7-8,10,12H,4,6,9H2,1-3H3. The van der Waals surface area contributed by atoms with Gasteiger partial charge >= 0.3 is 0 Å². The maximum absolute atomic E-state index is 12.7. The minimum atomic E-state index is -3.83. The Hall–Kier alpha value is -1.07. The van der Waals surface area contributed by atoms with Gasteiger partial charge in [-0.05, 0) is 50.3 Å². The quantitative estimate of drug-likeness (QED) is 0.783. The van der Waals surface area contributed by atoms with Crippen LogP contribution in [0.4, 0.5) is 0 Å². The Morgan fingerprint density at radius 1 is 1.29 bits per heavy atom. The monoisotopic (exact) mass is 329 g/mol. The lowest BCUT2D eigenvalue weighted by molar-refractivity contribution is 0.0573. The third-order valence-corrected chi connectivity index (χ3v) is 5.45. The van der Waals surface area contributed by atoms with E-state index in [-0.39, 0.29) is 16.8 Å². The molecule has 0 N–H and O–H groups in total. The van der Waals surface area contributed by atoms with Crippen molar-refractivity contribution < 1.29 is 13.2 Å². The van der Waals surface area contributed by atoms with Crippen molar-refractivity contribution in [2.24, 2.45) is 5.92 Å². The second kappa shape index (κ2) is 5.97. The fourth-order valence-electron chi connectivity index (χ4n) is 2.71. The fourth-order valence-corrected chi connectivity index (χ4v) is 3.49. The molecule has 0 saturated carbocycles. The fraction of sp³-hybridized carbons (Fsp3) is 0.533. The van der Waals surface area contributed by atoms with Crippen LogP contribution < -0.4 is 0 Å². The van der Waals surface area contributed by atoms with Crippen LogP contribution in [0.2, 0.25) is 0 Å². The summed E-state index contributed by atoms with van der Waals surface area (Å²) in [7, 11) is 1.54. The summed E-state index contributed by atoms with van der Waals surface area (Å²) in [4.78, 5) is 14.5. The molecule has 1 aromatic carbocycles. The van der Waals surface area contributed by atoms with Crippen molar-refractivity contribution in [3.05, 3.63) is 29.3 Å². The first kappa shape index (κ1) is 16.3. The second-order valence-electron chi connectivity index (χ2n) is 5.90. The van der Waals surface area contributed by atoms with Crippen molar-refractivity contribution in [2.45, 2.75) is 44.6 Å². The summed E-state index contributed by atoms with van der Waals surface area (Å²) >= 11 is 0. The summed E-state index contributed by atoms with van der Waals surface area (Å²) in [5.74, 6) is 0.346. The van der Waals surface area contributed by atoms with Gasteiger partial charge in [-0.25, -0.2) is 8.42 Å². The Bertz CT molecular complexity index is 657. The average molecular weight is 330 g/mol. The van der Waals surface area contributed by atoms with E-state index in [4.69, 9.17) is 10.7 Å². The third-order valence-electron chi connectivity index (χ3n) is 4.10. The van der Waals surface area contributed by atoms with Crippen molar-refractivity contribution in [3.63, 3.8) is 0 Å². The van der Waals surface area contributed by atoms with Gasteiger partial charge in [0.1, 0.15) is 0 Å². The van der Waals surface area contributed by atoms with Crippen LogP contribution in [0.15, 0.2) is 23.1 Å². The molecule has 116 valence electrons. The predicted octanol–water partition coefficient (Wildman–Crippen LogP) is 3.18. The van der Waals surface area contributed by atoms with E-state index >= 15 is 0 Å². The van der Waals surface area contributed by atoms with Crippen LogP contribution in [0.3, 0.4) is 0 Å². The topological polar surface area (TPSA) is 54.5 Å². The van der Waals surface area contributed by atoms with E-state index in [0.29, 0.717) is 18.0 Å². The number of hydrogen-bond donors (Lipinski definition) is 0. The first-order valence-electron chi connectivity index (χ1n) is 7.06. The molecular weight excluding hydrogens is 310 g/mol. The molecule has 0 aliphatic carbocycles. The van der Waals surface area contributed by atoms with Gasteiger partial charge in [-0.15, -0.1) is 0 Å². The number of likely N-dealkylation sites (tertiary alicyclic amines) is 1.